The highest BCUT2D eigenvalue weighted by atomic mass is 16.4. The van der Waals surface area contributed by atoms with E-state index in [4.69, 9.17) is 15.9 Å². The zero-order chi connectivity index (χ0) is 19.5. The number of aromatic nitrogens is 2. The number of nitrogens with zero attached hydrogens (tertiary/aromatic N) is 3. The Morgan fingerprint density at radius 3 is 2.04 bits per heavy atom. The van der Waals surface area contributed by atoms with Crippen LogP contribution in [0.5, 0.6) is 0 Å². The van der Waals surface area contributed by atoms with Gasteiger partial charge in [-0.3, -0.25) is 0 Å². The normalized spacial score (nSPS) is 15.1. The standard InChI is InChI=1S/C22H24N4O2/c23-20-15-19(16-11-13-25(14-12-16)22(27)28)24-26(20)21(17-7-3-1-4-8-17)18-9-5-2-6-10-18/h1-10,15-16,21H,11-14,23H2,(H,27,28). The third-order valence-corrected chi connectivity index (χ3v) is 5.44. The van der Waals surface area contributed by atoms with Crippen LogP contribution in [0, 0.1) is 0 Å². The zero-order valence-corrected chi connectivity index (χ0v) is 15.6. The topological polar surface area (TPSA) is 84.4 Å². The number of anilines is 1. The molecule has 1 aliphatic heterocycles. The van der Waals surface area contributed by atoms with Crippen LogP contribution in [0.3, 0.4) is 0 Å². The van der Waals surface area contributed by atoms with Gasteiger partial charge in [0.15, 0.2) is 0 Å². The van der Waals surface area contributed by atoms with Crippen molar-refractivity contribution >= 4 is 11.9 Å². The van der Waals surface area contributed by atoms with Crippen LogP contribution in [-0.2, 0) is 0 Å². The van der Waals surface area contributed by atoms with E-state index in [9.17, 15) is 4.79 Å². The molecule has 0 spiro atoms. The van der Waals surface area contributed by atoms with Crippen molar-refractivity contribution in [2.45, 2.75) is 24.8 Å². The number of carboxylic acid groups (broad SMARTS) is 1. The molecule has 2 heterocycles. The van der Waals surface area contributed by atoms with Crippen molar-refractivity contribution in [1.82, 2.24) is 14.7 Å². The highest BCUT2D eigenvalue weighted by molar-refractivity contribution is 5.65. The Kier molecular flexibility index (Phi) is 5.02. The number of nitrogen functional groups attached to an aromatic ring is 1. The van der Waals surface area contributed by atoms with Gasteiger partial charge in [-0.1, -0.05) is 60.7 Å². The molecule has 0 atom stereocenters. The monoisotopic (exact) mass is 376 g/mol. The molecule has 0 bridgehead atoms. The second-order valence-electron chi connectivity index (χ2n) is 7.21. The summed E-state index contributed by atoms with van der Waals surface area (Å²) in [4.78, 5) is 12.6. The maximum atomic E-state index is 11.1. The summed E-state index contributed by atoms with van der Waals surface area (Å²) in [5, 5.41) is 14.0. The SMILES string of the molecule is Nc1cc(C2CCN(C(=O)O)CC2)nn1C(c1ccccc1)c1ccccc1. The van der Waals surface area contributed by atoms with Crippen molar-refractivity contribution in [1.29, 1.82) is 0 Å². The maximum absolute atomic E-state index is 11.1. The molecule has 6 nitrogen and oxygen atoms in total. The molecule has 0 radical (unpaired) electrons. The lowest BCUT2D eigenvalue weighted by molar-refractivity contribution is 0.131. The fraction of sp³-hybridized carbons (Fsp3) is 0.273. The molecule has 144 valence electrons. The summed E-state index contributed by atoms with van der Waals surface area (Å²) in [6.45, 7) is 1.07. The Morgan fingerprint density at radius 2 is 1.54 bits per heavy atom. The van der Waals surface area contributed by atoms with Crippen LogP contribution in [0.4, 0.5) is 10.6 Å². The van der Waals surface area contributed by atoms with Gasteiger partial charge in [0.2, 0.25) is 0 Å². The predicted octanol–water partition coefficient (Wildman–Crippen LogP) is 3.96. The molecule has 1 amide bonds. The van der Waals surface area contributed by atoms with Crippen molar-refractivity contribution in [3.05, 3.63) is 83.6 Å². The molecule has 3 N–H and O–H groups in total. The van der Waals surface area contributed by atoms with E-state index >= 15 is 0 Å². The second kappa shape index (κ2) is 7.76. The third-order valence-electron chi connectivity index (χ3n) is 5.44. The Labute approximate surface area is 164 Å². The minimum atomic E-state index is -0.850. The molecular weight excluding hydrogens is 352 g/mol. The quantitative estimate of drug-likeness (QED) is 0.722. The zero-order valence-electron chi connectivity index (χ0n) is 15.6. The van der Waals surface area contributed by atoms with Gasteiger partial charge in [0.05, 0.1) is 5.69 Å². The first-order valence-corrected chi connectivity index (χ1v) is 9.56. The van der Waals surface area contributed by atoms with Crippen LogP contribution in [0.2, 0.25) is 0 Å². The van der Waals surface area contributed by atoms with Crippen LogP contribution in [0.25, 0.3) is 0 Å². The molecule has 1 fully saturated rings. The average Bonchev–Trinajstić information content (AvgIpc) is 3.11. The lowest BCUT2D eigenvalue weighted by Gasteiger charge is -2.29. The summed E-state index contributed by atoms with van der Waals surface area (Å²) < 4.78 is 1.89. The van der Waals surface area contributed by atoms with Gasteiger partial charge < -0.3 is 15.7 Å². The third kappa shape index (κ3) is 3.58. The fourth-order valence-corrected chi connectivity index (χ4v) is 3.95. The van der Waals surface area contributed by atoms with E-state index < -0.39 is 6.09 Å². The first kappa shape index (κ1) is 18.1. The Bertz CT molecular complexity index is 892. The first-order valence-electron chi connectivity index (χ1n) is 9.56. The molecule has 0 unspecified atom stereocenters. The molecule has 0 saturated carbocycles. The van der Waals surface area contributed by atoms with E-state index in [1.54, 1.807) is 0 Å². The number of nitrogens with two attached hydrogens (primary N) is 1. The van der Waals surface area contributed by atoms with Crippen LogP contribution in [0.15, 0.2) is 66.7 Å². The van der Waals surface area contributed by atoms with Crippen molar-refractivity contribution in [3.8, 4) is 0 Å². The summed E-state index contributed by atoms with van der Waals surface area (Å²) in [6.07, 6.45) is 0.686. The van der Waals surface area contributed by atoms with Gasteiger partial charge in [0.25, 0.3) is 0 Å². The summed E-state index contributed by atoms with van der Waals surface area (Å²) in [5.41, 5.74) is 9.58. The van der Waals surface area contributed by atoms with Crippen molar-refractivity contribution in [2.75, 3.05) is 18.8 Å². The molecular formula is C22H24N4O2. The lowest BCUT2D eigenvalue weighted by atomic mass is 9.94. The average molecular weight is 376 g/mol. The van der Waals surface area contributed by atoms with Crippen LogP contribution in [-0.4, -0.2) is 39.0 Å². The summed E-state index contributed by atoms with van der Waals surface area (Å²) in [6, 6.07) is 22.3. The van der Waals surface area contributed by atoms with Gasteiger partial charge in [0, 0.05) is 25.1 Å². The van der Waals surface area contributed by atoms with Crippen molar-refractivity contribution in [3.63, 3.8) is 0 Å². The highest BCUT2D eigenvalue weighted by Crippen LogP contribution is 2.33. The predicted molar refractivity (Wildman–Crippen MR) is 108 cm³/mol. The molecule has 3 aromatic rings. The summed E-state index contributed by atoms with van der Waals surface area (Å²) in [7, 11) is 0. The van der Waals surface area contributed by atoms with Crippen molar-refractivity contribution < 1.29 is 9.90 Å². The fourth-order valence-electron chi connectivity index (χ4n) is 3.95. The van der Waals surface area contributed by atoms with E-state index in [0.29, 0.717) is 18.9 Å². The summed E-state index contributed by atoms with van der Waals surface area (Å²) >= 11 is 0. The van der Waals surface area contributed by atoms with Gasteiger partial charge in [-0.25, -0.2) is 9.48 Å². The van der Waals surface area contributed by atoms with Crippen LogP contribution < -0.4 is 5.73 Å². The van der Waals surface area contributed by atoms with Crippen LogP contribution in [0.1, 0.15) is 41.6 Å². The smallest absolute Gasteiger partial charge is 0.407 e. The summed E-state index contributed by atoms with van der Waals surface area (Å²) in [5.74, 6) is 0.847. The molecule has 28 heavy (non-hydrogen) atoms. The Balaban J connectivity index is 1.66. The molecule has 1 aromatic heterocycles. The number of amides is 1. The number of likely N-dealkylation sites (tertiary alicyclic amines) is 1. The van der Waals surface area contributed by atoms with Crippen molar-refractivity contribution in [2.24, 2.45) is 0 Å². The van der Waals surface area contributed by atoms with Gasteiger partial charge in [-0.15, -0.1) is 0 Å². The minimum Gasteiger partial charge on any atom is -0.465 e. The van der Waals surface area contributed by atoms with Gasteiger partial charge in [-0.2, -0.15) is 5.10 Å². The maximum Gasteiger partial charge on any atom is 0.407 e. The van der Waals surface area contributed by atoms with E-state index in [0.717, 1.165) is 29.7 Å². The van der Waals surface area contributed by atoms with E-state index in [1.807, 2.05) is 47.1 Å². The van der Waals surface area contributed by atoms with Gasteiger partial charge in [-0.05, 0) is 24.0 Å². The number of hydrogen-bond donors (Lipinski definition) is 2. The number of rotatable bonds is 4. The lowest BCUT2D eigenvalue weighted by Crippen LogP contribution is -2.36. The van der Waals surface area contributed by atoms with Crippen LogP contribution >= 0.6 is 0 Å². The van der Waals surface area contributed by atoms with Gasteiger partial charge >= 0.3 is 6.09 Å². The molecule has 1 aliphatic rings. The number of hydrogen-bond acceptors (Lipinski definition) is 3. The van der Waals surface area contributed by atoms with E-state index in [-0.39, 0.29) is 12.0 Å². The number of carbonyl (C=O) groups is 1. The number of piperidine rings is 1. The molecule has 1 saturated heterocycles. The Hall–Kier alpha value is -3.28. The van der Waals surface area contributed by atoms with Gasteiger partial charge in [0.1, 0.15) is 11.9 Å². The molecule has 6 heteroatoms. The number of benzene rings is 2. The second-order valence-corrected chi connectivity index (χ2v) is 7.21. The Morgan fingerprint density at radius 1 is 1.00 bits per heavy atom. The molecule has 2 aromatic carbocycles. The van der Waals surface area contributed by atoms with E-state index in [2.05, 4.69) is 24.3 Å². The largest absolute Gasteiger partial charge is 0.465 e. The highest BCUT2D eigenvalue weighted by Gasteiger charge is 2.27. The first-order chi connectivity index (χ1) is 13.6. The minimum absolute atomic E-state index is 0.102. The molecule has 4 rings (SSSR count). The molecule has 0 aliphatic carbocycles. The van der Waals surface area contributed by atoms with E-state index in [1.165, 1.54) is 4.90 Å².